The maximum atomic E-state index is 14.1. The molecule has 0 heterocycles. The number of alkyl halides is 7. The average molecular weight is 557 g/mol. The van der Waals surface area contributed by atoms with Gasteiger partial charge >= 0.3 is 35.1 Å². The molecule has 0 radical (unpaired) electrons. The van der Waals surface area contributed by atoms with E-state index in [1.807, 2.05) is 0 Å². The number of carbonyl (C=O) groups excluding carboxylic acids is 2. The zero-order chi connectivity index (χ0) is 27.4. The van der Waals surface area contributed by atoms with E-state index in [-0.39, 0.29) is 37.0 Å². The normalized spacial score (nSPS) is 30.1. The van der Waals surface area contributed by atoms with Gasteiger partial charge in [-0.2, -0.15) is 30.7 Å². The van der Waals surface area contributed by atoms with Crippen molar-refractivity contribution in [1.82, 2.24) is 0 Å². The second kappa shape index (κ2) is 9.26. The first-order valence-corrected chi connectivity index (χ1v) is 12.5. The zero-order valence-electron chi connectivity index (χ0n) is 18.9. The summed E-state index contributed by atoms with van der Waals surface area (Å²) in [6.07, 6.45) is -5.39. The van der Waals surface area contributed by atoms with Gasteiger partial charge in [-0.05, 0) is 63.2 Å². The quantitative estimate of drug-likeness (QED) is 0.173. The molecule has 4 aliphatic carbocycles. The number of esters is 2. The van der Waals surface area contributed by atoms with Crippen molar-refractivity contribution in [2.45, 2.75) is 75.0 Å². The third-order valence-electron chi connectivity index (χ3n) is 7.09. The molecule has 4 saturated carbocycles. The van der Waals surface area contributed by atoms with Gasteiger partial charge in [0.1, 0.15) is 0 Å². The fourth-order valence-electron chi connectivity index (χ4n) is 5.86. The first kappa shape index (κ1) is 28.9. The van der Waals surface area contributed by atoms with Crippen LogP contribution in [0.4, 0.5) is 30.7 Å². The summed E-state index contributed by atoms with van der Waals surface area (Å²) < 4.78 is 141. The minimum atomic E-state index is -6.91. The van der Waals surface area contributed by atoms with Crippen LogP contribution in [-0.4, -0.2) is 61.3 Å². The molecule has 0 aromatic rings. The lowest BCUT2D eigenvalue weighted by molar-refractivity contribution is -0.361. The second-order valence-corrected chi connectivity index (χ2v) is 11.1. The number of hydrogen-bond acceptors (Lipinski definition) is 8. The molecule has 0 amide bonds. The van der Waals surface area contributed by atoms with Crippen molar-refractivity contribution in [3.05, 3.63) is 0 Å². The van der Waals surface area contributed by atoms with Gasteiger partial charge in [0.15, 0.2) is 10.1 Å². The maximum absolute atomic E-state index is 14.1. The van der Waals surface area contributed by atoms with Crippen LogP contribution in [0.25, 0.3) is 0 Å². The summed E-state index contributed by atoms with van der Waals surface area (Å²) in [5, 5.41) is -6.19. The summed E-state index contributed by atoms with van der Waals surface area (Å²) in [5.41, 5.74) is -1.37. The van der Waals surface area contributed by atoms with E-state index in [0.717, 1.165) is 26.2 Å². The molecule has 0 spiro atoms. The third-order valence-corrected chi connectivity index (χ3v) is 8.01. The van der Waals surface area contributed by atoms with Gasteiger partial charge in [-0.25, -0.2) is 13.2 Å². The Kier molecular flexibility index (Phi) is 7.43. The van der Waals surface area contributed by atoms with Crippen molar-refractivity contribution in [3.8, 4) is 0 Å². The van der Waals surface area contributed by atoms with E-state index in [1.54, 1.807) is 0 Å². The third kappa shape index (κ3) is 4.91. The van der Waals surface area contributed by atoms with Gasteiger partial charge in [0.2, 0.25) is 0 Å². The van der Waals surface area contributed by atoms with Gasteiger partial charge in [-0.15, -0.1) is 0 Å². The number of carbonyl (C=O) groups is 2. The minimum absolute atomic E-state index is 0.0579. The summed E-state index contributed by atoms with van der Waals surface area (Å²) >= 11 is 0. The Bertz CT molecular complexity index is 946. The van der Waals surface area contributed by atoms with E-state index in [4.69, 9.17) is 0 Å². The first-order valence-electron chi connectivity index (χ1n) is 11.1. The van der Waals surface area contributed by atoms with Crippen LogP contribution < -0.4 is 0 Å². The molecule has 16 heteroatoms. The molecule has 0 aliphatic heterocycles. The Morgan fingerprint density at radius 1 is 0.944 bits per heavy atom. The van der Waals surface area contributed by atoms with Crippen molar-refractivity contribution >= 4 is 22.1 Å². The number of halogens is 7. The second-order valence-electron chi connectivity index (χ2n) is 9.70. The average Bonchev–Trinajstić information content (AvgIpc) is 2.70. The Morgan fingerprint density at radius 2 is 1.42 bits per heavy atom. The van der Waals surface area contributed by atoms with Gasteiger partial charge in [0.25, 0.3) is 0 Å². The van der Waals surface area contributed by atoms with E-state index in [1.165, 1.54) is 0 Å². The molecule has 208 valence electrons. The fourth-order valence-corrected chi connectivity index (χ4v) is 6.33. The van der Waals surface area contributed by atoms with Gasteiger partial charge < -0.3 is 18.8 Å². The molecular weight excluding hydrogens is 533 g/mol. The molecule has 36 heavy (non-hydrogen) atoms. The lowest BCUT2D eigenvalue weighted by Gasteiger charge is -2.55. The molecule has 8 nitrogen and oxygen atoms in total. The molecule has 1 unspecified atom stereocenters. The lowest BCUT2D eigenvalue weighted by Crippen LogP contribution is -2.61. The Hall–Kier alpha value is -1.68. The molecule has 4 rings (SSSR count). The van der Waals surface area contributed by atoms with Crippen LogP contribution in [0.5, 0.6) is 0 Å². The molecule has 4 fully saturated rings. The van der Waals surface area contributed by atoms with E-state index in [0.29, 0.717) is 0 Å². The van der Waals surface area contributed by atoms with Gasteiger partial charge in [-0.3, -0.25) is 4.79 Å². The predicted octanol–water partition coefficient (Wildman–Crippen LogP) is 3.75. The monoisotopic (exact) mass is 557 g/mol. The van der Waals surface area contributed by atoms with Crippen LogP contribution in [0.3, 0.4) is 0 Å². The molecular formula is C20H24F7O8S-. The van der Waals surface area contributed by atoms with Crippen LogP contribution in [-0.2, 0) is 33.9 Å². The smallest absolute Gasteiger partial charge is 0.468 e. The van der Waals surface area contributed by atoms with Gasteiger partial charge in [-0.1, -0.05) is 0 Å². The van der Waals surface area contributed by atoms with Crippen LogP contribution in [0.2, 0.25) is 0 Å². The highest BCUT2D eigenvalue weighted by Gasteiger charge is 2.70. The summed E-state index contributed by atoms with van der Waals surface area (Å²) in [6, 6.07) is 0. The topological polar surface area (TPSA) is 119 Å². The van der Waals surface area contributed by atoms with Crippen molar-refractivity contribution in [1.29, 1.82) is 0 Å². The molecule has 0 N–H and O–H groups in total. The van der Waals surface area contributed by atoms with Crippen LogP contribution in [0.1, 0.15) is 51.9 Å². The zero-order valence-corrected chi connectivity index (χ0v) is 19.7. The molecule has 0 aromatic heterocycles. The fraction of sp³-hybridized carbons (Fsp3) is 0.900. The van der Waals surface area contributed by atoms with Crippen LogP contribution in [0, 0.1) is 23.2 Å². The molecule has 4 bridgehead atoms. The van der Waals surface area contributed by atoms with Gasteiger partial charge in [0.05, 0.1) is 18.6 Å². The maximum Gasteiger partial charge on any atom is 0.468 e. The van der Waals surface area contributed by atoms with Crippen molar-refractivity contribution in [2.24, 2.45) is 23.2 Å². The highest BCUT2D eigenvalue weighted by Crippen LogP contribution is 2.61. The molecule has 4 aliphatic rings. The number of hydrogen-bond donors (Lipinski definition) is 0. The molecule has 1 atom stereocenters. The number of ether oxygens (including phenoxy) is 3. The van der Waals surface area contributed by atoms with E-state index in [2.05, 4.69) is 14.2 Å². The predicted molar refractivity (Wildman–Crippen MR) is 102 cm³/mol. The highest BCUT2D eigenvalue weighted by molar-refractivity contribution is 7.86. The standard InChI is InChI=1S/C20H25F7O8S/c1-2-33-15(29)18(19(23,24)25,34-4-3-17(21,22)20(26,27)36(30,31)32)35-14(28)16-8-11-5-12(9-16)7-13(6-11)10-16/h11-13H,2-10H2,1H3,(H,30,31,32)/p-1. The largest absolute Gasteiger partial charge is 0.743 e. The lowest BCUT2D eigenvalue weighted by atomic mass is 9.49. The minimum Gasteiger partial charge on any atom is -0.743 e. The van der Waals surface area contributed by atoms with Crippen molar-refractivity contribution in [2.75, 3.05) is 13.2 Å². The van der Waals surface area contributed by atoms with E-state index < -0.39 is 70.2 Å². The number of rotatable bonds is 10. The SMILES string of the molecule is CCOC(=O)C(OCCC(F)(F)C(F)(F)S(=O)(=O)[O-])(OC(=O)C12CC3CC(CC(C3)C1)C2)C(F)(F)F. The van der Waals surface area contributed by atoms with Gasteiger partial charge in [0, 0.05) is 6.42 Å². The van der Waals surface area contributed by atoms with Crippen LogP contribution in [0.15, 0.2) is 0 Å². The summed E-state index contributed by atoms with van der Waals surface area (Å²) in [4.78, 5) is 25.5. The van der Waals surface area contributed by atoms with Crippen molar-refractivity contribution < 1.29 is 67.5 Å². The first-order chi connectivity index (χ1) is 16.3. The Morgan fingerprint density at radius 3 is 1.81 bits per heavy atom. The summed E-state index contributed by atoms with van der Waals surface area (Å²) in [7, 11) is -6.91. The molecule has 0 aromatic carbocycles. The van der Waals surface area contributed by atoms with E-state index in [9.17, 15) is 53.3 Å². The molecule has 0 saturated heterocycles. The van der Waals surface area contributed by atoms with Crippen molar-refractivity contribution in [3.63, 3.8) is 0 Å². The highest BCUT2D eigenvalue weighted by atomic mass is 32.2. The summed E-state index contributed by atoms with van der Waals surface area (Å²) in [6.45, 7) is -1.64. The Balaban J connectivity index is 1.88. The van der Waals surface area contributed by atoms with Crippen LogP contribution >= 0.6 is 0 Å². The Labute approximate surface area is 201 Å². The summed E-state index contributed by atoms with van der Waals surface area (Å²) in [5.74, 6) is -13.9. The van der Waals surface area contributed by atoms with E-state index >= 15 is 0 Å².